The number of nitrogens with zero attached hydrogens (tertiary/aromatic N) is 3. The van der Waals surface area contributed by atoms with E-state index >= 15 is 0 Å². The summed E-state index contributed by atoms with van der Waals surface area (Å²) in [6.07, 6.45) is -4.11. The molecular formula is C23H17F4N3. The zero-order valence-electron chi connectivity index (χ0n) is 16.3. The molecule has 152 valence electrons. The Bertz CT molecular complexity index is 1240. The van der Waals surface area contributed by atoms with Crippen molar-refractivity contribution in [3.05, 3.63) is 76.2 Å². The molecule has 0 amide bonds. The molecular weight excluding hydrogens is 394 g/mol. The minimum Gasteiger partial charge on any atom is -0.277 e. The third-order valence-corrected chi connectivity index (χ3v) is 5.34. The molecule has 1 aromatic heterocycles. The van der Waals surface area contributed by atoms with Crippen LogP contribution in [0.1, 0.15) is 41.2 Å². The molecule has 2 aromatic carbocycles. The summed E-state index contributed by atoms with van der Waals surface area (Å²) < 4.78 is 53.9. The molecule has 0 radical (unpaired) electrons. The van der Waals surface area contributed by atoms with Crippen molar-refractivity contribution in [3.63, 3.8) is 0 Å². The third-order valence-electron chi connectivity index (χ3n) is 5.34. The Kier molecular flexibility index (Phi) is 4.61. The van der Waals surface area contributed by atoms with E-state index in [0.717, 1.165) is 0 Å². The monoisotopic (exact) mass is 411 g/mol. The van der Waals surface area contributed by atoms with Crippen LogP contribution in [-0.2, 0) is 6.42 Å². The molecule has 1 aliphatic rings. The highest BCUT2D eigenvalue weighted by atomic mass is 19.4. The van der Waals surface area contributed by atoms with Crippen molar-refractivity contribution in [3.8, 4) is 6.07 Å². The number of benzene rings is 2. The van der Waals surface area contributed by atoms with Crippen LogP contribution in [0.2, 0.25) is 0 Å². The molecule has 0 spiro atoms. The molecule has 0 fully saturated rings. The number of hydrogen-bond donors (Lipinski definition) is 0. The fourth-order valence-electron chi connectivity index (χ4n) is 4.08. The Balaban J connectivity index is 1.96. The summed E-state index contributed by atoms with van der Waals surface area (Å²) >= 11 is 0. The van der Waals surface area contributed by atoms with Gasteiger partial charge in [-0.2, -0.15) is 18.4 Å². The van der Waals surface area contributed by atoms with Gasteiger partial charge in [-0.05, 0) is 43.5 Å². The first-order chi connectivity index (χ1) is 14.1. The molecule has 0 saturated heterocycles. The lowest BCUT2D eigenvalue weighted by molar-refractivity contribution is -0.145. The van der Waals surface area contributed by atoms with E-state index in [2.05, 4.69) is 16.0 Å². The van der Waals surface area contributed by atoms with Crippen LogP contribution in [0.5, 0.6) is 0 Å². The fraction of sp³-hybridized carbons (Fsp3) is 0.261. The second-order valence-electron chi connectivity index (χ2n) is 7.86. The van der Waals surface area contributed by atoms with Gasteiger partial charge in [-0.3, -0.25) is 9.98 Å². The number of aryl methyl sites for hydroxylation is 1. The number of fused-ring (bicyclic) bond motifs is 2. The maximum Gasteiger partial charge on any atom is 0.391 e. The zero-order chi connectivity index (χ0) is 21.7. The van der Waals surface area contributed by atoms with Gasteiger partial charge in [0.25, 0.3) is 0 Å². The van der Waals surface area contributed by atoms with Crippen molar-refractivity contribution in [2.45, 2.75) is 38.4 Å². The van der Waals surface area contributed by atoms with E-state index in [4.69, 9.17) is 0 Å². The molecule has 1 aliphatic heterocycles. The minimum atomic E-state index is -4.41. The molecule has 3 nitrogen and oxygen atoms in total. The third kappa shape index (κ3) is 3.54. The van der Waals surface area contributed by atoms with Gasteiger partial charge in [0.1, 0.15) is 11.3 Å². The molecule has 1 atom stereocenters. The fourth-order valence-corrected chi connectivity index (χ4v) is 4.08. The van der Waals surface area contributed by atoms with E-state index in [0.29, 0.717) is 38.9 Å². The lowest BCUT2D eigenvalue weighted by Crippen LogP contribution is -2.37. The van der Waals surface area contributed by atoms with E-state index in [1.807, 2.05) is 0 Å². The van der Waals surface area contributed by atoms with Crippen LogP contribution >= 0.6 is 0 Å². The molecule has 4 rings (SSSR count). The van der Waals surface area contributed by atoms with Crippen LogP contribution in [-0.4, -0.2) is 22.4 Å². The smallest absolute Gasteiger partial charge is 0.277 e. The van der Waals surface area contributed by atoms with Gasteiger partial charge >= 0.3 is 6.18 Å². The predicted octanol–water partition coefficient (Wildman–Crippen LogP) is 5.66. The minimum absolute atomic E-state index is 0.00551. The van der Waals surface area contributed by atoms with Gasteiger partial charge in [-0.15, -0.1) is 0 Å². The SMILES string of the molecule is Cc1ccc2c(c1C#N)CC(C)(CC(F)(F)F)N=C2c1cnc2c(F)cccc2c1. The van der Waals surface area contributed by atoms with Gasteiger partial charge in [0, 0.05) is 22.7 Å². The highest BCUT2D eigenvalue weighted by molar-refractivity contribution is 6.15. The number of rotatable bonds is 2. The Morgan fingerprint density at radius 2 is 1.97 bits per heavy atom. The zero-order valence-corrected chi connectivity index (χ0v) is 16.3. The molecule has 7 heteroatoms. The van der Waals surface area contributed by atoms with Crippen LogP contribution in [0.25, 0.3) is 10.9 Å². The Morgan fingerprint density at radius 1 is 1.20 bits per heavy atom. The first-order valence-corrected chi connectivity index (χ1v) is 9.34. The van der Waals surface area contributed by atoms with Gasteiger partial charge < -0.3 is 0 Å². The number of halogens is 4. The van der Waals surface area contributed by atoms with E-state index in [1.54, 1.807) is 37.3 Å². The highest BCUT2D eigenvalue weighted by Gasteiger charge is 2.42. The van der Waals surface area contributed by atoms with E-state index in [1.165, 1.54) is 19.2 Å². The molecule has 0 saturated carbocycles. The quantitative estimate of drug-likeness (QED) is 0.511. The maximum atomic E-state index is 14.0. The van der Waals surface area contributed by atoms with Crippen LogP contribution in [0, 0.1) is 24.1 Å². The van der Waals surface area contributed by atoms with Gasteiger partial charge in [0.15, 0.2) is 0 Å². The van der Waals surface area contributed by atoms with Crippen LogP contribution < -0.4 is 0 Å². The first kappa shape index (κ1) is 20.0. The number of aliphatic imine (C=N–C) groups is 1. The normalized spacial score (nSPS) is 18.6. The molecule has 30 heavy (non-hydrogen) atoms. The van der Waals surface area contributed by atoms with Gasteiger partial charge in [-0.25, -0.2) is 4.39 Å². The summed E-state index contributed by atoms with van der Waals surface area (Å²) in [5, 5.41) is 10.2. The number of hydrogen-bond acceptors (Lipinski definition) is 3. The number of alkyl halides is 3. The van der Waals surface area contributed by atoms with Crippen molar-refractivity contribution in [1.29, 1.82) is 5.26 Å². The molecule has 0 bridgehead atoms. The summed E-state index contributed by atoms with van der Waals surface area (Å²) in [5.74, 6) is -0.477. The van der Waals surface area contributed by atoms with Crippen LogP contribution in [0.3, 0.4) is 0 Å². The Labute approximate surface area is 170 Å². The first-order valence-electron chi connectivity index (χ1n) is 9.34. The average molecular weight is 411 g/mol. The van der Waals surface area contributed by atoms with Crippen molar-refractivity contribution in [1.82, 2.24) is 4.98 Å². The Morgan fingerprint density at radius 3 is 2.67 bits per heavy atom. The standard InChI is InChI=1S/C23H17F4N3/c1-13-6-7-16-17(18(13)10-28)9-22(2,12-23(25,26)27)30-20(16)15-8-14-4-3-5-19(24)21(14)29-11-15/h3-8,11H,9,12H2,1-2H3. The highest BCUT2D eigenvalue weighted by Crippen LogP contribution is 2.39. The molecule has 3 aromatic rings. The van der Waals surface area contributed by atoms with Crippen molar-refractivity contribution >= 4 is 16.6 Å². The maximum absolute atomic E-state index is 14.0. The number of nitriles is 1. The van der Waals surface area contributed by atoms with Crippen molar-refractivity contribution in [2.24, 2.45) is 4.99 Å². The molecule has 2 heterocycles. The second-order valence-corrected chi connectivity index (χ2v) is 7.86. The second kappa shape index (κ2) is 6.91. The van der Waals surface area contributed by atoms with Crippen LogP contribution in [0.4, 0.5) is 17.6 Å². The van der Waals surface area contributed by atoms with Gasteiger partial charge in [0.2, 0.25) is 0 Å². The summed E-state index contributed by atoms with van der Waals surface area (Å²) in [6.45, 7) is 3.20. The van der Waals surface area contributed by atoms with Crippen molar-refractivity contribution in [2.75, 3.05) is 0 Å². The van der Waals surface area contributed by atoms with Gasteiger partial charge in [0.05, 0.1) is 29.3 Å². The lowest BCUT2D eigenvalue weighted by atomic mass is 9.79. The predicted molar refractivity (Wildman–Crippen MR) is 106 cm³/mol. The lowest BCUT2D eigenvalue weighted by Gasteiger charge is -2.34. The van der Waals surface area contributed by atoms with Crippen LogP contribution in [0.15, 0.2) is 47.6 Å². The van der Waals surface area contributed by atoms with Gasteiger partial charge in [-0.1, -0.05) is 24.3 Å². The molecule has 0 N–H and O–H groups in total. The Hall–Kier alpha value is -3.27. The van der Waals surface area contributed by atoms with E-state index in [-0.39, 0.29) is 11.9 Å². The molecule has 1 unspecified atom stereocenters. The number of aromatic nitrogens is 1. The summed E-state index contributed by atoms with van der Waals surface area (Å²) in [5.41, 5.74) is 1.75. The number of pyridine rings is 1. The average Bonchev–Trinajstić information content (AvgIpc) is 2.65. The largest absolute Gasteiger partial charge is 0.391 e. The number of para-hydroxylation sites is 1. The van der Waals surface area contributed by atoms with E-state index in [9.17, 15) is 22.8 Å². The summed E-state index contributed by atoms with van der Waals surface area (Å²) in [7, 11) is 0. The summed E-state index contributed by atoms with van der Waals surface area (Å²) in [6, 6.07) is 11.9. The summed E-state index contributed by atoms with van der Waals surface area (Å²) in [4.78, 5) is 8.67. The van der Waals surface area contributed by atoms with Crippen molar-refractivity contribution < 1.29 is 17.6 Å². The van der Waals surface area contributed by atoms with E-state index < -0.39 is 24.0 Å². The molecule has 0 aliphatic carbocycles. The topological polar surface area (TPSA) is 49.0 Å².